The largest absolute Gasteiger partial charge is 0.445 e. The first-order valence-corrected chi connectivity index (χ1v) is 13.0. The number of benzene rings is 2. The molecule has 3 heterocycles. The Morgan fingerprint density at radius 1 is 1.22 bits per heavy atom. The van der Waals surface area contributed by atoms with Gasteiger partial charge in [0.1, 0.15) is 18.5 Å². The Morgan fingerprint density at radius 2 is 2.05 bits per heavy atom. The van der Waals surface area contributed by atoms with E-state index < -0.39 is 18.0 Å². The van der Waals surface area contributed by atoms with E-state index >= 15 is 0 Å². The Bertz CT molecular complexity index is 1450. The second-order valence-electron chi connectivity index (χ2n) is 9.64. The van der Waals surface area contributed by atoms with E-state index in [1.807, 2.05) is 0 Å². The predicted octanol–water partition coefficient (Wildman–Crippen LogP) is 3.37. The number of alkyl carbamates (subject to hydrolysis) is 1. The van der Waals surface area contributed by atoms with Gasteiger partial charge in [-0.25, -0.2) is 14.2 Å². The van der Waals surface area contributed by atoms with Crippen LogP contribution in [0.5, 0.6) is 0 Å². The van der Waals surface area contributed by atoms with Crippen LogP contribution in [-0.4, -0.2) is 45.8 Å². The van der Waals surface area contributed by atoms with Gasteiger partial charge in [0.05, 0.1) is 15.7 Å². The molecule has 37 heavy (non-hydrogen) atoms. The van der Waals surface area contributed by atoms with Gasteiger partial charge in [-0.3, -0.25) is 19.7 Å². The monoisotopic (exact) mass is 522 g/mol. The molecule has 2 aliphatic heterocycles. The minimum atomic E-state index is -0.676. The van der Waals surface area contributed by atoms with Crippen molar-refractivity contribution in [2.24, 2.45) is 0 Å². The van der Waals surface area contributed by atoms with Crippen LogP contribution in [0.1, 0.15) is 58.6 Å². The number of imide groups is 1. The summed E-state index contributed by atoms with van der Waals surface area (Å²) in [4.78, 5) is 54.7. The van der Waals surface area contributed by atoms with E-state index in [1.54, 1.807) is 29.8 Å². The number of ether oxygens (including phenoxy) is 1. The Morgan fingerprint density at radius 3 is 2.86 bits per heavy atom. The number of nitrogens with zero attached hydrogens (tertiary/aromatic N) is 2. The zero-order valence-corrected chi connectivity index (χ0v) is 20.5. The first-order chi connectivity index (χ1) is 17.9. The molecule has 0 spiro atoms. The Hall–Kier alpha value is -3.86. The molecule has 1 saturated carbocycles. The van der Waals surface area contributed by atoms with Crippen LogP contribution in [0.25, 0.3) is 10.2 Å². The zero-order chi connectivity index (χ0) is 25.7. The van der Waals surface area contributed by atoms with Crippen LogP contribution in [-0.2, 0) is 27.5 Å². The number of carbonyl (C=O) groups excluding carboxylic acids is 4. The number of amides is 4. The van der Waals surface area contributed by atoms with Crippen molar-refractivity contribution in [2.45, 2.75) is 56.8 Å². The maximum atomic E-state index is 14.4. The fourth-order valence-electron chi connectivity index (χ4n) is 5.34. The molecule has 3 aliphatic rings. The summed E-state index contributed by atoms with van der Waals surface area (Å²) in [5.74, 6) is -1.34. The van der Waals surface area contributed by atoms with Crippen molar-refractivity contribution in [3.8, 4) is 0 Å². The van der Waals surface area contributed by atoms with Crippen LogP contribution in [0.15, 0.2) is 35.8 Å². The summed E-state index contributed by atoms with van der Waals surface area (Å²) in [5, 5.41) is 5.11. The quantitative estimate of drug-likeness (QED) is 0.496. The molecule has 0 radical (unpaired) electrons. The topological polar surface area (TPSA) is 118 Å². The molecule has 190 valence electrons. The van der Waals surface area contributed by atoms with Gasteiger partial charge in [-0.15, -0.1) is 11.3 Å². The van der Waals surface area contributed by atoms with Crippen molar-refractivity contribution in [1.82, 2.24) is 20.5 Å². The number of halogens is 1. The standard InChI is InChI=1S/C26H23FN4O5S/c27-18-3-5-20-23(28-12-37-20)22(18)15-8-16(9-15)29-26(35)36-11-13-1-2-14-10-31(25(34)17(14)7-13)19-4-6-21(32)30-24(19)33/h1-3,5,7,12,15-16,19H,4,6,8-11H2,(H,29,35)(H,30,32,33). The molecule has 1 unspecified atom stereocenters. The van der Waals surface area contributed by atoms with Crippen molar-refractivity contribution < 1.29 is 28.3 Å². The predicted molar refractivity (Wildman–Crippen MR) is 131 cm³/mol. The lowest BCUT2D eigenvalue weighted by Crippen LogP contribution is -2.52. The van der Waals surface area contributed by atoms with Crippen LogP contribution in [0.3, 0.4) is 0 Å². The van der Waals surface area contributed by atoms with E-state index in [2.05, 4.69) is 15.6 Å². The molecule has 3 aromatic rings. The van der Waals surface area contributed by atoms with Gasteiger partial charge in [0.2, 0.25) is 11.8 Å². The van der Waals surface area contributed by atoms with Gasteiger partial charge in [0.25, 0.3) is 5.91 Å². The number of rotatable bonds is 5. The first-order valence-electron chi connectivity index (χ1n) is 12.1. The van der Waals surface area contributed by atoms with Crippen molar-refractivity contribution in [3.05, 3.63) is 63.9 Å². The highest BCUT2D eigenvalue weighted by Crippen LogP contribution is 2.41. The third kappa shape index (κ3) is 4.33. The average molecular weight is 523 g/mol. The van der Waals surface area contributed by atoms with Gasteiger partial charge in [-0.1, -0.05) is 12.1 Å². The van der Waals surface area contributed by atoms with Crippen LogP contribution < -0.4 is 10.6 Å². The lowest BCUT2D eigenvalue weighted by Gasteiger charge is -2.36. The molecule has 2 N–H and O–H groups in total. The SMILES string of the molecule is O=C1CCC(N2Cc3ccc(COC(=O)NC4CC(c5c(F)ccc6scnc56)C4)cc3C2=O)C(=O)N1. The fraction of sp³-hybridized carbons (Fsp3) is 0.346. The molecule has 2 fully saturated rings. The highest BCUT2D eigenvalue weighted by atomic mass is 32.1. The van der Waals surface area contributed by atoms with Crippen LogP contribution in [0.4, 0.5) is 9.18 Å². The molecule has 1 aromatic heterocycles. The van der Waals surface area contributed by atoms with Crippen molar-refractivity contribution in [2.75, 3.05) is 0 Å². The summed E-state index contributed by atoms with van der Waals surface area (Å²) in [6.07, 6.45) is 1.13. The van der Waals surface area contributed by atoms with Crippen molar-refractivity contribution in [1.29, 1.82) is 0 Å². The molecular weight excluding hydrogens is 499 g/mol. The number of piperidine rings is 1. The molecule has 1 saturated heterocycles. The van der Waals surface area contributed by atoms with Crippen LogP contribution >= 0.6 is 11.3 Å². The number of fused-ring (bicyclic) bond motifs is 2. The minimum Gasteiger partial charge on any atom is -0.445 e. The van der Waals surface area contributed by atoms with E-state index in [-0.39, 0.29) is 42.6 Å². The highest BCUT2D eigenvalue weighted by Gasteiger charge is 2.39. The second kappa shape index (κ2) is 9.22. The van der Waals surface area contributed by atoms with Crippen LogP contribution in [0.2, 0.25) is 0 Å². The maximum Gasteiger partial charge on any atom is 0.407 e. The molecule has 1 aliphatic carbocycles. The normalized spacial score (nSPS) is 23.0. The molecule has 9 nitrogen and oxygen atoms in total. The van der Waals surface area contributed by atoms with Gasteiger partial charge >= 0.3 is 6.09 Å². The summed E-state index contributed by atoms with van der Waals surface area (Å²) in [7, 11) is 0. The molecule has 6 rings (SSSR count). The summed E-state index contributed by atoms with van der Waals surface area (Å²) >= 11 is 1.47. The third-order valence-corrected chi connectivity index (χ3v) is 8.11. The molecule has 4 amide bonds. The number of nitrogens with one attached hydrogen (secondary N) is 2. The molecule has 11 heteroatoms. The van der Waals surface area contributed by atoms with E-state index in [4.69, 9.17) is 4.74 Å². The van der Waals surface area contributed by atoms with Gasteiger partial charge in [-0.05, 0) is 54.5 Å². The van der Waals surface area contributed by atoms with Crippen molar-refractivity contribution >= 4 is 45.4 Å². The first kappa shape index (κ1) is 23.5. The van der Waals surface area contributed by atoms with E-state index in [9.17, 15) is 23.6 Å². The number of aromatic nitrogens is 1. The Labute approximate surface area is 215 Å². The molecule has 0 bridgehead atoms. The lowest BCUT2D eigenvalue weighted by molar-refractivity contribution is -0.136. The molecule has 2 aromatic carbocycles. The Balaban J connectivity index is 1.02. The number of hydrogen-bond acceptors (Lipinski definition) is 7. The van der Waals surface area contributed by atoms with Crippen LogP contribution in [0, 0.1) is 5.82 Å². The third-order valence-electron chi connectivity index (χ3n) is 7.32. The molecule has 1 atom stereocenters. The average Bonchev–Trinajstić information content (AvgIpc) is 3.45. The summed E-state index contributed by atoms with van der Waals surface area (Å²) in [5.41, 5.74) is 4.91. The zero-order valence-electron chi connectivity index (χ0n) is 19.7. The van der Waals surface area contributed by atoms with Gasteiger partial charge in [0.15, 0.2) is 0 Å². The summed E-state index contributed by atoms with van der Waals surface area (Å²) in [6.45, 7) is 0.272. The van der Waals surface area contributed by atoms with E-state index in [1.165, 1.54) is 22.3 Å². The Kier molecular flexibility index (Phi) is 5.86. The smallest absolute Gasteiger partial charge is 0.407 e. The van der Waals surface area contributed by atoms with E-state index in [0.29, 0.717) is 48.0 Å². The molecular formula is C26H23FN4O5S. The van der Waals surface area contributed by atoms with Gasteiger partial charge in [-0.2, -0.15) is 0 Å². The van der Waals surface area contributed by atoms with Gasteiger partial charge < -0.3 is 15.0 Å². The number of hydrogen-bond donors (Lipinski definition) is 2. The summed E-state index contributed by atoms with van der Waals surface area (Å²) < 4.78 is 20.8. The lowest BCUT2D eigenvalue weighted by atomic mass is 9.75. The van der Waals surface area contributed by atoms with E-state index in [0.717, 1.165) is 10.3 Å². The fourth-order valence-corrected chi connectivity index (χ4v) is 6.03. The number of thiazole rings is 1. The summed E-state index contributed by atoms with van der Waals surface area (Å²) in [6, 6.07) is 7.66. The maximum absolute atomic E-state index is 14.4. The van der Waals surface area contributed by atoms with Crippen molar-refractivity contribution in [3.63, 3.8) is 0 Å². The number of carbonyl (C=O) groups is 4. The minimum absolute atomic E-state index is 0.00821. The highest BCUT2D eigenvalue weighted by molar-refractivity contribution is 7.16. The second-order valence-corrected chi connectivity index (χ2v) is 10.5. The van der Waals surface area contributed by atoms with Gasteiger partial charge in [0, 0.05) is 30.1 Å².